The Morgan fingerprint density at radius 2 is 1.60 bits per heavy atom. The molecule has 2 aliphatic rings. The van der Waals surface area contributed by atoms with E-state index in [-0.39, 0.29) is 11.8 Å². The van der Waals surface area contributed by atoms with E-state index in [0.29, 0.717) is 0 Å². The summed E-state index contributed by atoms with van der Waals surface area (Å²) in [4.78, 5) is 12.3. The molecule has 2 heterocycles. The maximum absolute atomic E-state index is 12.3. The van der Waals surface area contributed by atoms with E-state index < -0.39 is 0 Å². The zero-order valence-electron chi connectivity index (χ0n) is 11.1. The maximum Gasteiger partial charge on any atom is 0.258 e. The third kappa shape index (κ3) is 1.43. The summed E-state index contributed by atoms with van der Waals surface area (Å²) in [6.45, 7) is 2.13. The van der Waals surface area contributed by atoms with Crippen molar-refractivity contribution in [2.45, 2.75) is 12.8 Å². The average molecular weight is 262 g/mol. The normalized spacial score (nSPS) is 23.1. The molecule has 1 amide bonds. The highest BCUT2D eigenvalue weighted by atomic mass is 16.2. The highest BCUT2D eigenvalue weighted by Gasteiger charge is 2.33. The number of fused-ring (bicyclic) bond motifs is 2. The van der Waals surface area contributed by atoms with Gasteiger partial charge in [0.05, 0.1) is 5.57 Å². The molecule has 98 valence electrons. The molecule has 2 N–H and O–H groups in total. The standard InChI is InChI=1S/C17H14N2O/c1-10-11-6-2-4-8-13(11)18-16(10)15-12-7-3-5-9-14(12)19-17(15)20/h2-10,18H,1H3,(H,19,20). The van der Waals surface area contributed by atoms with Crippen LogP contribution in [0.15, 0.2) is 54.2 Å². The minimum absolute atomic E-state index is 0.0200. The van der Waals surface area contributed by atoms with E-state index in [1.165, 1.54) is 5.56 Å². The fourth-order valence-electron chi connectivity index (χ4n) is 3.06. The van der Waals surface area contributed by atoms with Crippen molar-refractivity contribution in [3.63, 3.8) is 0 Å². The molecular formula is C17H14N2O. The van der Waals surface area contributed by atoms with Gasteiger partial charge in [0.1, 0.15) is 0 Å². The fourth-order valence-corrected chi connectivity index (χ4v) is 3.06. The second kappa shape index (κ2) is 3.97. The molecule has 0 radical (unpaired) electrons. The van der Waals surface area contributed by atoms with Crippen LogP contribution in [0.3, 0.4) is 0 Å². The predicted octanol–water partition coefficient (Wildman–Crippen LogP) is 3.58. The molecule has 2 aromatic rings. The first-order chi connectivity index (χ1) is 9.75. The molecular weight excluding hydrogens is 248 g/mol. The predicted molar refractivity (Wildman–Crippen MR) is 80.5 cm³/mol. The van der Waals surface area contributed by atoms with Gasteiger partial charge in [-0.05, 0) is 17.7 Å². The zero-order valence-corrected chi connectivity index (χ0v) is 11.1. The molecule has 2 aromatic carbocycles. The number of amides is 1. The molecule has 4 rings (SSSR count). The molecule has 0 fully saturated rings. The summed E-state index contributed by atoms with van der Waals surface area (Å²) in [5.41, 5.74) is 5.98. The van der Waals surface area contributed by atoms with E-state index in [4.69, 9.17) is 0 Å². The van der Waals surface area contributed by atoms with Crippen molar-refractivity contribution in [1.82, 2.24) is 0 Å². The van der Waals surface area contributed by atoms with Crippen LogP contribution in [0.25, 0.3) is 5.57 Å². The summed E-state index contributed by atoms with van der Waals surface area (Å²) in [5.74, 6) is 0.187. The van der Waals surface area contributed by atoms with E-state index in [1.54, 1.807) is 0 Å². The van der Waals surface area contributed by atoms with Gasteiger partial charge in [-0.1, -0.05) is 43.3 Å². The van der Waals surface area contributed by atoms with E-state index in [1.807, 2.05) is 36.4 Å². The molecule has 0 saturated heterocycles. The van der Waals surface area contributed by atoms with Gasteiger partial charge in [-0.3, -0.25) is 4.79 Å². The van der Waals surface area contributed by atoms with Crippen LogP contribution in [0.1, 0.15) is 24.0 Å². The summed E-state index contributed by atoms with van der Waals surface area (Å²) in [5, 5.41) is 6.35. The van der Waals surface area contributed by atoms with Crippen molar-refractivity contribution in [2.24, 2.45) is 0 Å². The first-order valence-corrected chi connectivity index (χ1v) is 6.76. The van der Waals surface area contributed by atoms with Crippen LogP contribution in [-0.2, 0) is 4.79 Å². The minimum atomic E-state index is -0.0200. The Kier molecular flexibility index (Phi) is 2.24. The van der Waals surface area contributed by atoms with E-state index in [9.17, 15) is 4.79 Å². The van der Waals surface area contributed by atoms with Crippen molar-refractivity contribution in [1.29, 1.82) is 0 Å². The lowest BCUT2D eigenvalue weighted by atomic mass is 9.95. The molecule has 3 nitrogen and oxygen atoms in total. The van der Waals surface area contributed by atoms with Crippen LogP contribution in [0, 0.1) is 0 Å². The third-order valence-corrected chi connectivity index (χ3v) is 4.07. The topological polar surface area (TPSA) is 41.1 Å². The number of allylic oxidation sites excluding steroid dienone is 1. The summed E-state index contributed by atoms with van der Waals surface area (Å²) in [7, 11) is 0. The number of benzene rings is 2. The van der Waals surface area contributed by atoms with Gasteiger partial charge < -0.3 is 10.6 Å². The van der Waals surface area contributed by atoms with Crippen molar-refractivity contribution < 1.29 is 4.79 Å². The summed E-state index contributed by atoms with van der Waals surface area (Å²) >= 11 is 0. The monoisotopic (exact) mass is 262 g/mol. The fraction of sp³-hybridized carbons (Fsp3) is 0.118. The average Bonchev–Trinajstić information content (AvgIpc) is 2.96. The van der Waals surface area contributed by atoms with Crippen molar-refractivity contribution >= 4 is 22.9 Å². The van der Waals surface area contributed by atoms with E-state index in [0.717, 1.165) is 28.2 Å². The zero-order chi connectivity index (χ0) is 13.7. The molecule has 0 aromatic heterocycles. The number of hydrogen-bond donors (Lipinski definition) is 2. The number of carbonyl (C=O) groups excluding carboxylic acids is 1. The summed E-state index contributed by atoms with van der Waals surface area (Å²) in [6.07, 6.45) is 0. The molecule has 1 atom stereocenters. The van der Waals surface area contributed by atoms with Gasteiger partial charge in [-0.25, -0.2) is 0 Å². The second-order valence-electron chi connectivity index (χ2n) is 5.22. The lowest BCUT2D eigenvalue weighted by molar-refractivity contribution is -0.110. The smallest absolute Gasteiger partial charge is 0.258 e. The lowest BCUT2D eigenvalue weighted by Crippen LogP contribution is -2.10. The van der Waals surface area contributed by atoms with Gasteiger partial charge in [0.25, 0.3) is 5.91 Å². The molecule has 20 heavy (non-hydrogen) atoms. The maximum atomic E-state index is 12.3. The Morgan fingerprint density at radius 3 is 2.40 bits per heavy atom. The molecule has 0 spiro atoms. The molecule has 0 aliphatic carbocycles. The Balaban J connectivity index is 1.92. The van der Waals surface area contributed by atoms with Crippen molar-refractivity contribution in [3.8, 4) is 0 Å². The van der Waals surface area contributed by atoms with Crippen LogP contribution >= 0.6 is 0 Å². The number of hydrogen-bond acceptors (Lipinski definition) is 2. The number of rotatable bonds is 0. The second-order valence-corrected chi connectivity index (χ2v) is 5.22. The summed E-state index contributed by atoms with van der Waals surface area (Å²) in [6, 6.07) is 16.0. The quantitative estimate of drug-likeness (QED) is 0.712. The highest BCUT2D eigenvalue weighted by Crippen LogP contribution is 2.44. The number of carbonyl (C=O) groups is 1. The van der Waals surface area contributed by atoms with Gasteiger partial charge in [0, 0.05) is 28.6 Å². The van der Waals surface area contributed by atoms with E-state index in [2.05, 4.69) is 29.7 Å². The minimum Gasteiger partial charge on any atom is -0.357 e. The van der Waals surface area contributed by atoms with Crippen LogP contribution in [-0.4, -0.2) is 5.91 Å². The lowest BCUT2D eigenvalue weighted by Gasteiger charge is -2.09. The molecule has 2 aliphatic heterocycles. The first kappa shape index (κ1) is 11.3. The first-order valence-electron chi connectivity index (χ1n) is 6.76. The Labute approximate surface area is 117 Å². The van der Waals surface area contributed by atoms with Gasteiger partial charge in [-0.2, -0.15) is 0 Å². The number of nitrogens with one attached hydrogen (secondary N) is 2. The summed E-state index contributed by atoms with van der Waals surface area (Å²) < 4.78 is 0. The highest BCUT2D eigenvalue weighted by molar-refractivity contribution is 6.32. The van der Waals surface area contributed by atoms with Gasteiger partial charge in [0.2, 0.25) is 0 Å². The van der Waals surface area contributed by atoms with Gasteiger partial charge in [0.15, 0.2) is 0 Å². The molecule has 0 bridgehead atoms. The number of anilines is 2. The molecule has 1 unspecified atom stereocenters. The van der Waals surface area contributed by atoms with E-state index >= 15 is 0 Å². The Bertz CT molecular complexity index is 761. The largest absolute Gasteiger partial charge is 0.357 e. The Morgan fingerprint density at radius 1 is 0.900 bits per heavy atom. The van der Waals surface area contributed by atoms with Crippen molar-refractivity contribution in [2.75, 3.05) is 10.6 Å². The van der Waals surface area contributed by atoms with Crippen LogP contribution < -0.4 is 10.6 Å². The van der Waals surface area contributed by atoms with Crippen LogP contribution in [0.4, 0.5) is 11.4 Å². The number of para-hydroxylation sites is 2. The SMILES string of the molecule is CC1C(=C2C(=O)Nc3ccccc32)Nc2ccccc21. The van der Waals surface area contributed by atoms with Gasteiger partial charge >= 0.3 is 0 Å². The van der Waals surface area contributed by atoms with Gasteiger partial charge in [-0.15, -0.1) is 0 Å². The molecule has 0 saturated carbocycles. The molecule has 3 heteroatoms. The van der Waals surface area contributed by atoms with Crippen LogP contribution in [0.5, 0.6) is 0 Å². The van der Waals surface area contributed by atoms with Crippen molar-refractivity contribution in [3.05, 3.63) is 65.4 Å². The Hall–Kier alpha value is -2.55. The van der Waals surface area contributed by atoms with Crippen LogP contribution in [0.2, 0.25) is 0 Å². The third-order valence-electron chi connectivity index (χ3n) is 4.07.